The van der Waals surface area contributed by atoms with Crippen LogP contribution in [0.4, 0.5) is 0 Å². The molecule has 2 heterocycles. The Labute approximate surface area is 96.9 Å². The normalized spacial score (nSPS) is 22.2. The Bertz CT molecular complexity index is 322. The van der Waals surface area contributed by atoms with Crippen molar-refractivity contribution in [2.24, 2.45) is 5.73 Å². The Kier molecular flexibility index (Phi) is 3.85. The van der Waals surface area contributed by atoms with Crippen LogP contribution in [-0.2, 0) is 6.42 Å². The van der Waals surface area contributed by atoms with E-state index in [1.54, 1.807) is 0 Å². The van der Waals surface area contributed by atoms with Crippen LogP contribution in [0.2, 0.25) is 0 Å². The largest absolute Gasteiger partial charge is 0.330 e. The Morgan fingerprint density at radius 3 is 2.81 bits per heavy atom. The Morgan fingerprint density at radius 1 is 1.44 bits per heavy atom. The molecular weight excluding hydrogens is 200 g/mol. The van der Waals surface area contributed by atoms with Gasteiger partial charge in [0.2, 0.25) is 0 Å². The molecule has 0 aliphatic carbocycles. The van der Waals surface area contributed by atoms with Crippen molar-refractivity contribution >= 4 is 0 Å². The van der Waals surface area contributed by atoms with Crippen LogP contribution in [0, 0.1) is 0 Å². The van der Waals surface area contributed by atoms with Crippen molar-refractivity contribution in [1.82, 2.24) is 14.9 Å². The maximum Gasteiger partial charge on any atom is 0.129 e. The van der Waals surface area contributed by atoms with E-state index >= 15 is 0 Å². The fraction of sp³-hybridized carbons (Fsp3) is 0.667. The molecule has 0 aromatic carbocycles. The van der Waals surface area contributed by atoms with E-state index in [0.29, 0.717) is 12.5 Å². The first-order valence-corrected chi connectivity index (χ1v) is 5.99. The molecule has 1 saturated heterocycles. The van der Waals surface area contributed by atoms with E-state index in [1.807, 2.05) is 12.4 Å². The highest BCUT2D eigenvalue weighted by Gasteiger charge is 2.19. The van der Waals surface area contributed by atoms with Crippen molar-refractivity contribution in [1.29, 1.82) is 0 Å². The minimum Gasteiger partial charge on any atom is -0.330 e. The van der Waals surface area contributed by atoms with Crippen LogP contribution < -0.4 is 5.73 Å². The first-order chi connectivity index (χ1) is 7.79. The maximum absolute atomic E-state index is 5.47. The molecule has 0 amide bonds. The predicted octanol–water partition coefficient (Wildman–Crippen LogP) is 0.787. The number of hydrogen-bond acceptors (Lipinski definition) is 4. The lowest BCUT2D eigenvalue weighted by Crippen LogP contribution is -2.30. The molecule has 0 spiro atoms. The Hall–Kier alpha value is -1.00. The smallest absolute Gasteiger partial charge is 0.129 e. The van der Waals surface area contributed by atoms with Gasteiger partial charge in [0.05, 0.1) is 0 Å². The molecule has 4 nitrogen and oxygen atoms in total. The zero-order valence-electron chi connectivity index (χ0n) is 9.89. The highest BCUT2D eigenvalue weighted by Crippen LogP contribution is 2.24. The van der Waals surface area contributed by atoms with Crippen molar-refractivity contribution in [3.05, 3.63) is 23.8 Å². The predicted molar refractivity (Wildman–Crippen MR) is 64.3 cm³/mol. The fourth-order valence-corrected chi connectivity index (χ4v) is 2.27. The van der Waals surface area contributed by atoms with E-state index < -0.39 is 0 Å². The lowest BCUT2D eigenvalue weighted by atomic mass is 9.93. The lowest BCUT2D eigenvalue weighted by Gasteiger charge is -2.29. The monoisotopic (exact) mass is 220 g/mol. The van der Waals surface area contributed by atoms with Crippen molar-refractivity contribution in [2.75, 3.05) is 26.7 Å². The molecule has 4 heteroatoms. The summed E-state index contributed by atoms with van der Waals surface area (Å²) in [5.74, 6) is 1.46. The van der Waals surface area contributed by atoms with Crippen LogP contribution in [-0.4, -0.2) is 41.5 Å². The first kappa shape index (κ1) is 11.5. The van der Waals surface area contributed by atoms with Crippen molar-refractivity contribution in [3.8, 4) is 0 Å². The summed E-state index contributed by atoms with van der Waals surface area (Å²) >= 11 is 0. The zero-order valence-corrected chi connectivity index (χ0v) is 9.89. The van der Waals surface area contributed by atoms with E-state index in [9.17, 15) is 0 Å². The van der Waals surface area contributed by atoms with E-state index in [-0.39, 0.29) is 0 Å². The molecule has 1 atom stereocenters. The van der Waals surface area contributed by atoms with Gasteiger partial charge in [-0.05, 0) is 44.5 Å². The fourth-order valence-electron chi connectivity index (χ4n) is 2.27. The van der Waals surface area contributed by atoms with Gasteiger partial charge in [-0.25, -0.2) is 9.97 Å². The summed E-state index contributed by atoms with van der Waals surface area (Å²) in [6.07, 6.45) is 7.24. The minimum atomic E-state index is 0.602. The summed E-state index contributed by atoms with van der Waals surface area (Å²) < 4.78 is 0. The molecule has 2 rings (SSSR count). The van der Waals surface area contributed by atoms with E-state index in [2.05, 4.69) is 21.9 Å². The minimum absolute atomic E-state index is 0.602. The number of rotatable bonds is 3. The van der Waals surface area contributed by atoms with E-state index in [4.69, 9.17) is 5.73 Å². The summed E-state index contributed by atoms with van der Waals surface area (Å²) in [6, 6.07) is 0. The number of nitrogens with zero attached hydrogens (tertiary/aromatic N) is 3. The standard InChI is InChI=1S/C12H20N4/c1-16-6-2-3-10(9-16)11-7-14-12(4-5-13)15-8-11/h7-8,10H,2-6,9,13H2,1H3. The summed E-state index contributed by atoms with van der Waals surface area (Å²) in [4.78, 5) is 11.1. The van der Waals surface area contributed by atoms with Gasteiger partial charge < -0.3 is 10.6 Å². The van der Waals surface area contributed by atoms with Gasteiger partial charge in [-0.15, -0.1) is 0 Å². The van der Waals surface area contributed by atoms with Gasteiger partial charge in [0.1, 0.15) is 5.82 Å². The SMILES string of the molecule is CN1CCCC(c2cnc(CCN)nc2)C1. The number of likely N-dealkylation sites (tertiary alicyclic amines) is 1. The molecule has 16 heavy (non-hydrogen) atoms. The number of piperidine rings is 1. The van der Waals surface area contributed by atoms with Crippen LogP contribution in [0.15, 0.2) is 12.4 Å². The second-order valence-electron chi connectivity index (χ2n) is 4.57. The summed E-state index contributed by atoms with van der Waals surface area (Å²) in [5.41, 5.74) is 6.74. The average Bonchev–Trinajstić information content (AvgIpc) is 2.30. The van der Waals surface area contributed by atoms with E-state index in [0.717, 1.165) is 18.8 Å². The second-order valence-corrected chi connectivity index (χ2v) is 4.57. The van der Waals surface area contributed by atoms with Crippen LogP contribution in [0.5, 0.6) is 0 Å². The number of aromatic nitrogens is 2. The number of hydrogen-bond donors (Lipinski definition) is 1. The quantitative estimate of drug-likeness (QED) is 0.818. The van der Waals surface area contributed by atoms with Gasteiger partial charge in [-0.1, -0.05) is 0 Å². The molecule has 0 radical (unpaired) electrons. The molecule has 0 saturated carbocycles. The van der Waals surface area contributed by atoms with Crippen molar-refractivity contribution in [2.45, 2.75) is 25.2 Å². The average molecular weight is 220 g/mol. The highest BCUT2D eigenvalue weighted by atomic mass is 15.1. The zero-order chi connectivity index (χ0) is 11.4. The highest BCUT2D eigenvalue weighted by molar-refractivity contribution is 5.13. The third kappa shape index (κ3) is 2.77. The molecule has 0 bridgehead atoms. The van der Waals surface area contributed by atoms with Crippen LogP contribution in [0.3, 0.4) is 0 Å². The van der Waals surface area contributed by atoms with Crippen LogP contribution >= 0.6 is 0 Å². The molecule has 1 aromatic rings. The van der Waals surface area contributed by atoms with Gasteiger partial charge in [-0.3, -0.25) is 0 Å². The van der Waals surface area contributed by atoms with Gasteiger partial charge in [0.15, 0.2) is 0 Å². The van der Waals surface area contributed by atoms with Crippen LogP contribution in [0.25, 0.3) is 0 Å². The molecule has 1 unspecified atom stereocenters. The number of likely N-dealkylation sites (N-methyl/N-ethyl adjacent to an activating group) is 1. The third-order valence-corrected chi connectivity index (χ3v) is 3.19. The Morgan fingerprint density at radius 2 is 2.19 bits per heavy atom. The maximum atomic E-state index is 5.47. The van der Waals surface area contributed by atoms with Gasteiger partial charge in [-0.2, -0.15) is 0 Å². The molecule has 2 N–H and O–H groups in total. The molecule has 1 aliphatic heterocycles. The van der Waals surface area contributed by atoms with Gasteiger partial charge >= 0.3 is 0 Å². The molecule has 1 aromatic heterocycles. The topological polar surface area (TPSA) is 55.0 Å². The summed E-state index contributed by atoms with van der Waals surface area (Å²) in [6.45, 7) is 2.95. The van der Waals surface area contributed by atoms with E-state index in [1.165, 1.54) is 24.9 Å². The van der Waals surface area contributed by atoms with Crippen molar-refractivity contribution < 1.29 is 0 Å². The first-order valence-electron chi connectivity index (χ1n) is 5.99. The molecule has 88 valence electrons. The molecular formula is C12H20N4. The number of nitrogens with two attached hydrogens (primary N) is 1. The van der Waals surface area contributed by atoms with Crippen LogP contribution in [0.1, 0.15) is 30.1 Å². The molecule has 1 aliphatic rings. The third-order valence-electron chi connectivity index (χ3n) is 3.19. The second kappa shape index (κ2) is 5.37. The molecule has 1 fully saturated rings. The lowest BCUT2D eigenvalue weighted by molar-refractivity contribution is 0.250. The van der Waals surface area contributed by atoms with Crippen molar-refractivity contribution in [3.63, 3.8) is 0 Å². The van der Waals surface area contributed by atoms with Gasteiger partial charge in [0, 0.05) is 25.4 Å². The summed E-state index contributed by atoms with van der Waals surface area (Å²) in [5, 5.41) is 0. The summed E-state index contributed by atoms with van der Waals surface area (Å²) in [7, 11) is 2.18. The van der Waals surface area contributed by atoms with Gasteiger partial charge in [0.25, 0.3) is 0 Å². The Balaban J connectivity index is 2.03.